The maximum Gasteiger partial charge on any atom is 0.472 e. The van der Waals surface area contributed by atoms with Crippen LogP contribution >= 0.6 is 7.82 Å². The Morgan fingerprint density at radius 3 is 1.14 bits per heavy atom. The minimum atomic E-state index is -4.33. The molecule has 0 saturated carbocycles. The van der Waals surface area contributed by atoms with E-state index < -0.39 is 20.0 Å². The number of allylic oxidation sites excluding steroid dienone is 20. The van der Waals surface area contributed by atoms with Gasteiger partial charge in [-0.1, -0.05) is 277 Å². The summed E-state index contributed by atoms with van der Waals surface area (Å²) in [5.74, 6) is -0.156. The van der Waals surface area contributed by atoms with E-state index in [1.54, 1.807) is 0 Å². The Hall–Kier alpha value is -3.10. The van der Waals surface area contributed by atoms with Gasteiger partial charge in [0.1, 0.15) is 13.2 Å². The molecule has 0 bridgehead atoms. The topological polar surface area (TPSA) is 105 Å². The summed E-state index contributed by atoms with van der Waals surface area (Å²) in [4.78, 5) is 23.4. The molecular formula is C68H120N2O6P+. The molecule has 442 valence electrons. The number of quaternary nitrogens is 1. The minimum Gasteiger partial charge on any atom is -0.391 e. The largest absolute Gasteiger partial charge is 0.472 e. The van der Waals surface area contributed by atoms with Crippen LogP contribution in [0, 0.1) is 0 Å². The third-order valence-corrected chi connectivity index (χ3v) is 14.5. The normalized spacial score (nSPS) is 14.6. The molecule has 3 N–H and O–H groups in total. The van der Waals surface area contributed by atoms with Gasteiger partial charge in [0.15, 0.2) is 0 Å². The average Bonchev–Trinajstić information content (AvgIpc) is 3.39. The lowest BCUT2D eigenvalue weighted by Gasteiger charge is -2.26. The summed E-state index contributed by atoms with van der Waals surface area (Å²) in [6.07, 6.45) is 85.5. The number of aliphatic hydroxyl groups is 1. The van der Waals surface area contributed by atoms with Crippen molar-refractivity contribution >= 4 is 13.7 Å². The predicted molar refractivity (Wildman–Crippen MR) is 336 cm³/mol. The highest BCUT2D eigenvalue weighted by Crippen LogP contribution is 2.43. The van der Waals surface area contributed by atoms with E-state index in [-0.39, 0.29) is 19.1 Å². The van der Waals surface area contributed by atoms with E-state index in [9.17, 15) is 19.4 Å². The lowest BCUT2D eigenvalue weighted by Crippen LogP contribution is -2.46. The van der Waals surface area contributed by atoms with Gasteiger partial charge in [-0.05, 0) is 89.9 Å². The zero-order valence-corrected chi connectivity index (χ0v) is 51.3. The number of carbonyl (C=O) groups is 1. The summed E-state index contributed by atoms with van der Waals surface area (Å²) >= 11 is 0. The Morgan fingerprint density at radius 2 is 0.779 bits per heavy atom. The molecule has 0 heterocycles. The minimum absolute atomic E-state index is 0.0677. The molecule has 0 fully saturated rings. The van der Waals surface area contributed by atoms with Gasteiger partial charge >= 0.3 is 7.82 Å². The summed E-state index contributed by atoms with van der Waals surface area (Å²) in [6, 6.07) is -0.773. The number of nitrogens with one attached hydrogen (secondary N) is 1. The van der Waals surface area contributed by atoms with Gasteiger partial charge in [-0.15, -0.1) is 0 Å². The van der Waals surface area contributed by atoms with Crippen molar-refractivity contribution in [3.05, 3.63) is 122 Å². The lowest BCUT2D eigenvalue weighted by atomic mass is 10.0. The molecule has 3 unspecified atom stereocenters. The summed E-state index contributed by atoms with van der Waals surface area (Å²) in [5.41, 5.74) is 0. The Balaban J connectivity index is 4.12. The second-order valence-corrected chi connectivity index (χ2v) is 23.5. The number of aliphatic hydroxyl groups excluding tert-OH is 1. The fraction of sp³-hybridized carbons (Fsp3) is 0.691. The van der Waals surface area contributed by atoms with Crippen molar-refractivity contribution in [2.24, 2.45) is 0 Å². The van der Waals surface area contributed by atoms with E-state index in [0.717, 1.165) is 109 Å². The van der Waals surface area contributed by atoms with Crippen molar-refractivity contribution in [3.63, 3.8) is 0 Å². The number of rotatable bonds is 56. The van der Waals surface area contributed by atoms with Gasteiger partial charge in [-0.25, -0.2) is 4.57 Å². The number of hydrogen-bond acceptors (Lipinski definition) is 5. The Kier molecular flexibility index (Phi) is 55.3. The Morgan fingerprint density at radius 1 is 0.455 bits per heavy atom. The van der Waals surface area contributed by atoms with Crippen LogP contribution in [0.4, 0.5) is 0 Å². The van der Waals surface area contributed by atoms with Gasteiger partial charge in [0.05, 0.1) is 39.9 Å². The number of phosphoric ester groups is 1. The molecule has 0 saturated heterocycles. The van der Waals surface area contributed by atoms with E-state index in [1.165, 1.54) is 116 Å². The predicted octanol–water partition coefficient (Wildman–Crippen LogP) is 19.7. The average molecular weight is 1090 g/mol. The Labute approximate surface area is 475 Å². The fourth-order valence-electron chi connectivity index (χ4n) is 8.60. The van der Waals surface area contributed by atoms with Crippen LogP contribution in [0.25, 0.3) is 0 Å². The highest BCUT2D eigenvalue weighted by molar-refractivity contribution is 7.47. The zero-order chi connectivity index (χ0) is 56.3. The summed E-state index contributed by atoms with van der Waals surface area (Å²) in [6.45, 7) is 4.77. The summed E-state index contributed by atoms with van der Waals surface area (Å²) in [5, 5.41) is 14.1. The number of nitrogens with zero attached hydrogens (tertiary/aromatic N) is 1. The van der Waals surface area contributed by atoms with Crippen LogP contribution in [0.3, 0.4) is 0 Å². The van der Waals surface area contributed by atoms with Crippen molar-refractivity contribution < 1.29 is 32.9 Å². The first-order valence-electron chi connectivity index (χ1n) is 31.4. The zero-order valence-electron chi connectivity index (χ0n) is 50.4. The molecule has 0 rings (SSSR count). The van der Waals surface area contributed by atoms with Gasteiger partial charge in [0, 0.05) is 6.42 Å². The smallest absolute Gasteiger partial charge is 0.391 e. The molecule has 0 aliphatic heterocycles. The molecule has 0 aromatic heterocycles. The van der Waals surface area contributed by atoms with Crippen molar-refractivity contribution in [2.45, 2.75) is 264 Å². The fourth-order valence-corrected chi connectivity index (χ4v) is 9.34. The maximum absolute atomic E-state index is 13.0. The van der Waals surface area contributed by atoms with Gasteiger partial charge in [-0.3, -0.25) is 13.8 Å². The monoisotopic (exact) mass is 1090 g/mol. The van der Waals surface area contributed by atoms with Crippen LogP contribution in [0.5, 0.6) is 0 Å². The molecule has 0 radical (unpaired) electrons. The van der Waals surface area contributed by atoms with Gasteiger partial charge < -0.3 is 19.8 Å². The van der Waals surface area contributed by atoms with Crippen molar-refractivity contribution in [1.82, 2.24) is 5.32 Å². The molecule has 0 aliphatic rings. The van der Waals surface area contributed by atoms with Crippen LogP contribution < -0.4 is 5.32 Å². The highest BCUT2D eigenvalue weighted by atomic mass is 31.2. The molecule has 8 nitrogen and oxygen atoms in total. The maximum atomic E-state index is 13.0. The molecule has 0 aliphatic carbocycles. The van der Waals surface area contributed by atoms with Gasteiger partial charge in [0.25, 0.3) is 0 Å². The van der Waals surface area contributed by atoms with E-state index in [4.69, 9.17) is 9.05 Å². The number of likely N-dealkylation sites (N-methyl/N-ethyl adjacent to an activating group) is 1. The second kappa shape index (κ2) is 57.6. The van der Waals surface area contributed by atoms with Crippen LogP contribution in [-0.2, 0) is 18.4 Å². The quantitative estimate of drug-likeness (QED) is 0.0243. The molecule has 0 aromatic carbocycles. The lowest BCUT2D eigenvalue weighted by molar-refractivity contribution is -0.870. The number of phosphoric acid groups is 1. The number of carbonyl (C=O) groups excluding carboxylic acids is 1. The number of hydrogen-bond donors (Lipinski definition) is 3. The molecule has 0 spiro atoms. The standard InChI is InChI=1S/C68H119N2O6P/c1-6-8-10-12-14-16-18-20-22-24-25-26-27-28-29-30-31-32-33-34-35-36-37-38-39-40-41-42-43-44-45-46-48-50-52-54-56-58-60-62-68(72)69-66(65-76-77(73,74)75-64-63-70(3,4)5)67(71)61-59-57-55-53-51-49-47-23-21-19-17-15-13-11-9-7-2/h8,10,14,16,20,22,25-26,28-29,31-32,34-35,37-38,40-41,43-44,66-67,71H,6-7,9,11-13,15,17-19,21,23-24,27,30,33,36,39,42,45-65H2,1-5H3,(H-,69,72,73,74)/p+1/b10-8-,16-14-,22-20-,26-25-,29-28-,32-31-,35-34-,38-37-,41-40-,44-43-. The van der Waals surface area contributed by atoms with Crippen LogP contribution in [0.15, 0.2) is 122 Å². The molecule has 1 amide bonds. The molecular weight excluding hydrogens is 972 g/mol. The second-order valence-electron chi connectivity index (χ2n) is 22.1. The van der Waals surface area contributed by atoms with Crippen LogP contribution in [-0.4, -0.2) is 73.4 Å². The molecule has 9 heteroatoms. The van der Waals surface area contributed by atoms with Crippen molar-refractivity contribution in [2.75, 3.05) is 40.9 Å². The van der Waals surface area contributed by atoms with Gasteiger partial charge in [0.2, 0.25) is 5.91 Å². The number of amides is 1. The first-order valence-corrected chi connectivity index (χ1v) is 32.9. The van der Waals surface area contributed by atoms with E-state index in [0.29, 0.717) is 23.9 Å². The van der Waals surface area contributed by atoms with E-state index in [2.05, 4.69) is 141 Å². The van der Waals surface area contributed by atoms with E-state index in [1.807, 2.05) is 21.1 Å². The third kappa shape index (κ3) is 60.4. The number of unbranched alkanes of at least 4 members (excludes halogenated alkanes) is 23. The van der Waals surface area contributed by atoms with Crippen molar-refractivity contribution in [1.29, 1.82) is 0 Å². The molecule has 3 atom stereocenters. The van der Waals surface area contributed by atoms with Crippen molar-refractivity contribution in [3.8, 4) is 0 Å². The van der Waals surface area contributed by atoms with Crippen LogP contribution in [0.2, 0.25) is 0 Å². The SMILES string of the molecule is CC/C=C\C/C=C\C/C=C\C/C=C\C/C=C\C/C=C\C/C=C\C/C=C\C/C=C\C/C=C\CCCCCCCCCCC(=O)NC(COP(=O)(O)OCC[N+](C)(C)C)C(O)CCCCCCCCCCCCCCCCCC. The van der Waals surface area contributed by atoms with Crippen LogP contribution in [0.1, 0.15) is 251 Å². The molecule has 77 heavy (non-hydrogen) atoms. The third-order valence-electron chi connectivity index (χ3n) is 13.5. The summed E-state index contributed by atoms with van der Waals surface area (Å²) in [7, 11) is 1.60. The molecule has 0 aromatic rings. The van der Waals surface area contributed by atoms with E-state index >= 15 is 0 Å². The highest BCUT2D eigenvalue weighted by Gasteiger charge is 2.28. The summed E-state index contributed by atoms with van der Waals surface area (Å²) < 4.78 is 23.8. The van der Waals surface area contributed by atoms with Gasteiger partial charge in [-0.2, -0.15) is 0 Å². The Bertz CT molecular complexity index is 1670. The first-order chi connectivity index (χ1) is 37.5. The first kappa shape index (κ1) is 73.9.